The van der Waals surface area contributed by atoms with Crippen molar-refractivity contribution in [1.82, 2.24) is 10.2 Å². The summed E-state index contributed by atoms with van der Waals surface area (Å²) in [5.74, 6) is 2.18. The van der Waals surface area contributed by atoms with Crippen LogP contribution in [0.15, 0.2) is 47.4 Å². The van der Waals surface area contributed by atoms with Crippen LogP contribution in [-0.4, -0.2) is 42.7 Å². The van der Waals surface area contributed by atoms with Crippen molar-refractivity contribution >= 4 is 40.8 Å². The maximum Gasteiger partial charge on any atom is 0.232 e. The molecule has 122 valence electrons. The Morgan fingerprint density at radius 2 is 1.78 bits per heavy atom. The molecule has 2 heterocycles. The molecule has 2 saturated heterocycles. The molecule has 0 saturated carbocycles. The van der Waals surface area contributed by atoms with E-state index in [1.165, 1.54) is 15.7 Å². The van der Waals surface area contributed by atoms with Gasteiger partial charge in [-0.1, -0.05) is 30.3 Å². The highest BCUT2D eigenvalue weighted by molar-refractivity contribution is 8.00. The predicted octanol–water partition coefficient (Wildman–Crippen LogP) is 3.03. The Hall–Kier alpha value is -1.23. The van der Waals surface area contributed by atoms with Crippen molar-refractivity contribution in [3.63, 3.8) is 0 Å². The van der Waals surface area contributed by atoms with Crippen LogP contribution in [0.25, 0.3) is 10.8 Å². The number of nitrogens with one attached hydrogen (secondary N) is 1. The largest absolute Gasteiger partial charge is 0.341 e. The van der Waals surface area contributed by atoms with Gasteiger partial charge < -0.3 is 10.2 Å². The van der Waals surface area contributed by atoms with Gasteiger partial charge in [-0.25, -0.2) is 0 Å². The van der Waals surface area contributed by atoms with Crippen LogP contribution in [0.5, 0.6) is 0 Å². The highest BCUT2D eigenvalue weighted by atomic mass is 35.5. The summed E-state index contributed by atoms with van der Waals surface area (Å²) in [5.41, 5.74) is 0. The number of amides is 1. The predicted molar refractivity (Wildman–Crippen MR) is 98.3 cm³/mol. The van der Waals surface area contributed by atoms with E-state index in [1.807, 2.05) is 0 Å². The van der Waals surface area contributed by atoms with Gasteiger partial charge in [0.15, 0.2) is 0 Å². The van der Waals surface area contributed by atoms with E-state index in [-0.39, 0.29) is 18.3 Å². The second-order valence-corrected chi connectivity index (χ2v) is 7.32. The van der Waals surface area contributed by atoms with Gasteiger partial charge in [-0.2, -0.15) is 0 Å². The zero-order valence-electron chi connectivity index (χ0n) is 12.9. The molecule has 0 aliphatic carbocycles. The van der Waals surface area contributed by atoms with E-state index in [2.05, 4.69) is 52.7 Å². The van der Waals surface area contributed by atoms with E-state index in [0.717, 1.165) is 26.2 Å². The molecule has 3 nitrogen and oxygen atoms in total. The summed E-state index contributed by atoms with van der Waals surface area (Å²) in [6.07, 6.45) is 0. The van der Waals surface area contributed by atoms with Gasteiger partial charge in [0.25, 0.3) is 0 Å². The third kappa shape index (κ3) is 3.49. The highest BCUT2D eigenvalue weighted by Gasteiger charge is 2.37. The molecule has 1 N–H and O–H groups in total. The zero-order chi connectivity index (χ0) is 14.9. The Labute approximate surface area is 147 Å². The second-order valence-electron chi connectivity index (χ2n) is 6.27. The molecule has 0 bridgehead atoms. The molecule has 5 heteroatoms. The molecular formula is C18H21ClN2OS. The average molecular weight is 349 g/mol. The SMILES string of the molecule is Cl.O=C(CSc1ccc2ccccc2c1)N1C[C@H]2CNC[C@H]2C1. The molecule has 2 aromatic carbocycles. The molecule has 0 aromatic heterocycles. The molecule has 0 unspecified atom stereocenters. The van der Waals surface area contributed by atoms with Crippen LogP contribution in [0.3, 0.4) is 0 Å². The van der Waals surface area contributed by atoms with Gasteiger partial charge in [0.1, 0.15) is 0 Å². The summed E-state index contributed by atoms with van der Waals surface area (Å²) < 4.78 is 0. The number of nitrogens with zero attached hydrogens (tertiary/aromatic N) is 1. The van der Waals surface area contributed by atoms with Gasteiger partial charge in [-0.15, -0.1) is 24.2 Å². The van der Waals surface area contributed by atoms with Crippen LogP contribution in [0.4, 0.5) is 0 Å². The summed E-state index contributed by atoms with van der Waals surface area (Å²) in [5, 5.41) is 5.90. The Bertz CT molecular complexity index is 696. The first-order valence-electron chi connectivity index (χ1n) is 7.90. The third-order valence-corrected chi connectivity index (χ3v) is 5.80. The van der Waals surface area contributed by atoms with E-state index in [4.69, 9.17) is 0 Å². The highest BCUT2D eigenvalue weighted by Crippen LogP contribution is 2.28. The molecule has 2 aromatic rings. The summed E-state index contributed by atoms with van der Waals surface area (Å²) >= 11 is 1.65. The number of fused-ring (bicyclic) bond motifs is 2. The van der Waals surface area contributed by atoms with Crippen LogP contribution < -0.4 is 5.32 Å². The third-order valence-electron chi connectivity index (χ3n) is 4.83. The van der Waals surface area contributed by atoms with Crippen molar-refractivity contribution in [3.8, 4) is 0 Å². The van der Waals surface area contributed by atoms with Crippen LogP contribution >= 0.6 is 24.2 Å². The smallest absolute Gasteiger partial charge is 0.232 e. The fourth-order valence-electron chi connectivity index (χ4n) is 3.55. The maximum atomic E-state index is 12.4. The van der Waals surface area contributed by atoms with Crippen LogP contribution in [0.1, 0.15) is 0 Å². The normalized spacial score (nSPS) is 22.9. The Morgan fingerprint density at radius 1 is 1.09 bits per heavy atom. The number of likely N-dealkylation sites (tertiary alicyclic amines) is 1. The molecule has 2 fully saturated rings. The number of hydrogen-bond donors (Lipinski definition) is 1. The van der Waals surface area contributed by atoms with Crippen molar-refractivity contribution < 1.29 is 4.79 Å². The lowest BCUT2D eigenvalue weighted by Gasteiger charge is -2.17. The van der Waals surface area contributed by atoms with E-state index in [9.17, 15) is 4.79 Å². The summed E-state index contributed by atoms with van der Waals surface area (Å²) in [4.78, 5) is 15.6. The number of thioether (sulfide) groups is 1. The number of carbonyl (C=O) groups excluding carboxylic acids is 1. The number of hydrogen-bond acceptors (Lipinski definition) is 3. The van der Waals surface area contributed by atoms with Gasteiger partial charge >= 0.3 is 0 Å². The summed E-state index contributed by atoms with van der Waals surface area (Å²) in [6, 6.07) is 14.8. The minimum absolute atomic E-state index is 0. The van der Waals surface area contributed by atoms with Gasteiger partial charge in [-0.05, 0) is 34.7 Å². The van der Waals surface area contributed by atoms with Crippen LogP contribution in [-0.2, 0) is 4.79 Å². The minimum atomic E-state index is 0. The first-order chi connectivity index (χ1) is 10.8. The Morgan fingerprint density at radius 3 is 2.52 bits per heavy atom. The number of rotatable bonds is 3. The van der Waals surface area contributed by atoms with Crippen molar-refractivity contribution in [2.24, 2.45) is 11.8 Å². The Kier molecular flexibility index (Phi) is 5.14. The van der Waals surface area contributed by atoms with E-state index in [1.54, 1.807) is 11.8 Å². The quantitative estimate of drug-likeness (QED) is 0.865. The number of benzene rings is 2. The lowest BCUT2D eigenvalue weighted by Crippen LogP contribution is -2.33. The summed E-state index contributed by atoms with van der Waals surface area (Å²) in [6.45, 7) is 4.03. The standard InChI is InChI=1S/C18H20N2OS.ClH/c21-18(20-10-15-8-19-9-16(15)11-20)12-22-17-6-5-13-3-1-2-4-14(13)7-17;/h1-7,15-16,19H,8-12H2;1H/t15-,16+;. The van der Waals surface area contributed by atoms with E-state index < -0.39 is 0 Å². The zero-order valence-corrected chi connectivity index (χ0v) is 14.5. The molecule has 2 atom stereocenters. The molecule has 0 radical (unpaired) electrons. The molecule has 2 aliphatic heterocycles. The Balaban J connectivity index is 0.00000156. The molecule has 1 amide bonds. The average Bonchev–Trinajstić information content (AvgIpc) is 3.14. The van der Waals surface area contributed by atoms with Crippen molar-refractivity contribution in [1.29, 1.82) is 0 Å². The van der Waals surface area contributed by atoms with Crippen molar-refractivity contribution in [2.75, 3.05) is 31.9 Å². The topological polar surface area (TPSA) is 32.3 Å². The lowest BCUT2D eigenvalue weighted by molar-refractivity contribution is -0.127. The lowest BCUT2D eigenvalue weighted by atomic mass is 10.0. The maximum absolute atomic E-state index is 12.4. The van der Waals surface area contributed by atoms with Gasteiger partial charge in [0.05, 0.1) is 5.75 Å². The molecule has 0 spiro atoms. The molecule has 23 heavy (non-hydrogen) atoms. The van der Waals surface area contributed by atoms with Gasteiger partial charge in [0, 0.05) is 31.1 Å². The minimum Gasteiger partial charge on any atom is -0.341 e. The van der Waals surface area contributed by atoms with Crippen molar-refractivity contribution in [3.05, 3.63) is 42.5 Å². The monoisotopic (exact) mass is 348 g/mol. The molecule has 2 aliphatic rings. The number of carbonyl (C=O) groups is 1. The van der Waals surface area contributed by atoms with Crippen LogP contribution in [0.2, 0.25) is 0 Å². The molecule has 4 rings (SSSR count). The number of halogens is 1. The second kappa shape index (κ2) is 7.12. The van der Waals surface area contributed by atoms with E-state index >= 15 is 0 Å². The van der Waals surface area contributed by atoms with E-state index in [0.29, 0.717) is 17.6 Å². The first-order valence-corrected chi connectivity index (χ1v) is 8.88. The fraction of sp³-hybridized carbons (Fsp3) is 0.389. The molecular weight excluding hydrogens is 328 g/mol. The fourth-order valence-corrected chi connectivity index (χ4v) is 4.40. The van der Waals surface area contributed by atoms with Crippen LogP contribution in [0, 0.1) is 11.8 Å². The van der Waals surface area contributed by atoms with Gasteiger partial charge in [0.2, 0.25) is 5.91 Å². The van der Waals surface area contributed by atoms with Gasteiger partial charge in [-0.3, -0.25) is 4.79 Å². The first kappa shape index (κ1) is 16.6. The van der Waals surface area contributed by atoms with Crippen molar-refractivity contribution in [2.45, 2.75) is 4.90 Å². The summed E-state index contributed by atoms with van der Waals surface area (Å²) in [7, 11) is 0.